The van der Waals surface area contributed by atoms with Gasteiger partial charge in [0.05, 0.1) is 12.8 Å². The maximum Gasteiger partial charge on any atom is 0.358 e. The number of halogens is 1. The van der Waals surface area contributed by atoms with Crippen LogP contribution in [0.5, 0.6) is 0 Å². The second kappa shape index (κ2) is 7.23. The molecule has 1 unspecified atom stereocenters. The molecular weight excluding hydrogens is 372 g/mol. The summed E-state index contributed by atoms with van der Waals surface area (Å²) in [5, 5.41) is 0.0327. The predicted octanol–water partition coefficient (Wildman–Crippen LogP) is 2.26. The molecule has 1 aromatic rings. The van der Waals surface area contributed by atoms with Gasteiger partial charge in [-0.3, -0.25) is 9.59 Å². The smallest absolute Gasteiger partial charge is 0.358 e. The lowest BCUT2D eigenvalue weighted by Crippen LogP contribution is -2.27. The molecule has 0 aliphatic carbocycles. The van der Waals surface area contributed by atoms with Crippen LogP contribution in [0.15, 0.2) is 16.7 Å². The summed E-state index contributed by atoms with van der Waals surface area (Å²) in [6, 6.07) is 1.68. The SMILES string of the molecule is COC(=O)c1ncc(Br)cc1N1CC(CSC(C)=O)CC1=O. The monoisotopic (exact) mass is 386 g/mol. The van der Waals surface area contributed by atoms with E-state index in [1.54, 1.807) is 6.07 Å². The molecule has 2 rings (SSSR count). The number of methoxy groups -OCH3 is 1. The fraction of sp³-hybridized carbons (Fsp3) is 0.429. The van der Waals surface area contributed by atoms with Gasteiger partial charge in [0.15, 0.2) is 10.8 Å². The van der Waals surface area contributed by atoms with E-state index in [0.717, 1.165) is 0 Å². The number of rotatable bonds is 4. The van der Waals surface area contributed by atoms with Crippen molar-refractivity contribution in [3.05, 3.63) is 22.4 Å². The van der Waals surface area contributed by atoms with Crippen LogP contribution >= 0.6 is 27.7 Å². The third kappa shape index (κ3) is 3.86. The van der Waals surface area contributed by atoms with Crippen LogP contribution in [0, 0.1) is 5.92 Å². The number of ether oxygens (including phenoxy) is 1. The molecule has 1 aliphatic heterocycles. The first-order valence-electron chi connectivity index (χ1n) is 6.60. The van der Waals surface area contributed by atoms with Crippen molar-refractivity contribution in [3.63, 3.8) is 0 Å². The Morgan fingerprint density at radius 2 is 2.27 bits per heavy atom. The number of aromatic nitrogens is 1. The number of esters is 1. The molecule has 6 nitrogen and oxygen atoms in total. The van der Waals surface area contributed by atoms with E-state index < -0.39 is 5.97 Å². The average molecular weight is 387 g/mol. The highest BCUT2D eigenvalue weighted by Gasteiger charge is 2.33. The topological polar surface area (TPSA) is 76.6 Å². The molecule has 0 bridgehead atoms. The van der Waals surface area contributed by atoms with Gasteiger partial charge in [-0.1, -0.05) is 11.8 Å². The molecule has 0 aromatic carbocycles. The first-order valence-corrected chi connectivity index (χ1v) is 8.37. The molecule has 1 atom stereocenters. The Labute approximate surface area is 140 Å². The van der Waals surface area contributed by atoms with Gasteiger partial charge >= 0.3 is 5.97 Å². The van der Waals surface area contributed by atoms with Crippen LogP contribution in [0.4, 0.5) is 5.69 Å². The van der Waals surface area contributed by atoms with Crippen LogP contribution in [-0.4, -0.2) is 41.4 Å². The Bertz CT molecular complexity index is 623. The predicted molar refractivity (Wildman–Crippen MR) is 86.9 cm³/mol. The van der Waals surface area contributed by atoms with Crippen molar-refractivity contribution in [2.45, 2.75) is 13.3 Å². The lowest BCUT2D eigenvalue weighted by molar-refractivity contribution is -0.117. The molecule has 0 N–H and O–H groups in total. The molecule has 0 radical (unpaired) electrons. The fourth-order valence-corrected chi connectivity index (χ4v) is 3.26. The van der Waals surface area contributed by atoms with E-state index in [9.17, 15) is 14.4 Å². The van der Waals surface area contributed by atoms with E-state index in [1.165, 1.54) is 36.9 Å². The molecule has 0 saturated carbocycles. The number of amides is 1. The zero-order chi connectivity index (χ0) is 16.3. The van der Waals surface area contributed by atoms with E-state index in [0.29, 0.717) is 28.9 Å². The van der Waals surface area contributed by atoms with E-state index in [4.69, 9.17) is 4.74 Å². The molecule has 118 valence electrons. The minimum Gasteiger partial charge on any atom is -0.464 e. The number of carbonyl (C=O) groups is 3. The number of hydrogen-bond donors (Lipinski definition) is 0. The molecule has 1 fully saturated rings. The normalized spacial score (nSPS) is 17.7. The quantitative estimate of drug-likeness (QED) is 0.738. The number of nitrogens with zero attached hydrogens (tertiary/aromatic N) is 2. The van der Waals surface area contributed by atoms with Crippen molar-refractivity contribution >= 4 is 50.4 Å². The van der Waals surface area contributed by atoms with Crippen molar-refractivity contribution in [3.8, 4) is 0 Å². The standard InChI is InChI=1S/C14H15BrN2O4S/c1-8(18)22-7-9-3-12(19)17(6-9)11-4-10(15)5-16-13(11)14(20)21-2/h4-5,9H,3,6-7H2,1-2H3. The highest BCUT2D eigenvalue weighted by atomic mass is 79.9. The van der Waals surface area contributed by atoms with E-state index in [-0.39, 0.29) is 22.6 Å². The molecule has 2 heterocycles. The molecule has 1 aromatic heterocycles. The van der Waals surface area contributed by atoms with Crippen LogP contribution in [0.1, 0.15) is 23.8 Å². The lowest BCUT2D eigenvalue weighted by atomic mass is 10.1. The molecule has 22 heavy (non-hydrogen) atoms. The third-order valence-electron chi connectivity index (χ3n) is 3.23. The minimum atomic E-state index is -0.586. The summed E-state index contributed by atoms with van der Waals surface area (Å²) in [4.78, 5) is 40.7. The van der Waals surface area contributed by atoms with Gasteiger partial charge in [0.25, 0.3) is 0 Å². The summed E-state index contributed by atoms with van der Waals surface area (Å²) in [6.07, 6.45) is 1.84. The van der Waals surface area contributed by atoms with Crippen LogP contribution < -0.4 is 4.90 Å². The van der Waals surface area contributed by atoms with Gasteiger partial charge in [0.2, 0.25) is 5.91 Å². The van der Waals surface area contributed by atoms with E-state index in [1.807, 2.05) is 0 Å². The molecule has 1 aliphatic rings. The van der Waals surface area contributed by atoms with Gasteiger partial charge < -0.3 is 9.64 Å². The summed E-state index contributed by atoms with van der Waals surface area (Å²) >= 11 is 4.51. The van der Waals surface area contributed by atoms with Crippen molar-refractivity contribution < 1.29 is 19.1 Å². The zero-order valence-electron chi connectivity index (χ0n) is 12.2. The summed E-state index contributed by atoms with van der Waals surface area (Å²) in [7, 11) is 1.27. The Hall–Kier alpha value is -1.41. The minimum absolute atomic E-state index is 0.0327. The molecular formula is C14H15BrN2O4S. The number of carbonyl (C=O) groups excluding carboxylic acids is 3. The molecule has 1 amide bonds. The first-order chi connectivity index (χ1) is 10.4. The van der Waals surface area contributed by atoms with E-state index in [2.05, 4.69) is 20.9 Å². The third-order valence-corrected chi connectivity index (χ3v) is 4.71. The van der Waals surface area contributed by atoms with Crippen molar-refractivity contribution in [2.24, 2.45) is 5.92 Å². The second-order valence-electron chi connectivity index (χ2n) is 4.89. The zero-order valence-corrected chi connectivity index (χ0v) is 14.6. The highest BCUT2D eigenvalue weighted by Crippen LogP contribution is 2.31. The van der Waals surface area contributed by atoms with Gasteiger partial charge in [0, 0.05) is 36.3 Å². The van der Waals surface area contributed by atoms with Crippen LogP contribution in [0.2, 0.25) is 0 Å². The lowest BCUT2D eigenvalue weighted by Gasteiger charge is -2.19. The maximum atomic E-state index is 12.2. The number of pyridine rings is 1. The van der Waals surface area contributed by atoms with Crippen LogP contribution in [0.3, 0.4) is 0 Å². The van der Waals surface area contributed by atoms with Gasteiger partial charge in [-0.25, -0.2) is 9.78 Å². The molecule has 8 heteroatoms. The largest absolute Gasteiger partial charge is 0.464 e. The Morgan fingerprint density at radius 3 is 2.91 bits per heavy atom. The summed E-state index contributed by atoms with van der Waals surface area (Å²) < 4.78 is 5.38. The highest BCUT2D eigenvalue weighted by molar-refractivity contribution is 9.10. The van der Waals surface area contributed by atoms with E-state index >= 15 is 0 Å². The fourth-order valence-electron chi connectivity index (χ4n) is 2.25. The molecule has 1 saturated heterocycles. The van der Waals surface area contributed by atoms with Gasteiger partial charge in [0.1, 0.15) is 0 Å². The number of thioether (sulfide) groups is 1. The van der Waals surface area contributed by atoms with Crippen molar-refractivity contribution in [1.82, 2.24) is 4.98 Å². The van der Waals surface area contributed by atoms with Gasteiger partial charge in [-0.15, -0.1) is 0 Å². The number of anilines is 1. The average Bonchev–Trinajstić information content (AvgIpc) is 2.85. The van der Waals surface area contributed by atoms with Gasteiger partial charge in [-0.2, -0.15) is 0 Å². The van der Waals surface area contributed by atoms with Crippen molar-refractivity contribution in [1.29, 1.82) is 0 Å². The second-order valence-corrected chi connectivity index (χ2v) is 7.00. The molecule has 0 spiro atoms. The first kappa shape index (κ1) is 17.0. The Balaban J connectivity index is 2.24. The summed E-state index contributed by atoms with van der Waals surface area (Å²) in [5.74, 6) is -0.00558. The van der Waals surface area contributed by atoms with Crippen molar-refractivity contribution in [2.75, 3.05) is 24.3 Å². The summed E-state index contributed by atoms with van der Waals surface area (Å²) in [6.45, 7) is 1.97. The Kier molecular flexibility index (Phi) is 5.57. The number of hydrogen-bond acceptors (Lipinski definition) is 6. The maximum absolute atomic E-state index is 12.2. The summed E-state index contributed by atoms with van der Waals surface area (Å²) in [5.41, 5.74) is 0.542. The van der Waals surface area contributed by atoms with Crippen LogP contribution in [-0.2, 0) is 14.3 Å². The Morgan fingerprint density at radius 1 is 1.55 bits per heavy atom. The van der Waals surface area contributed by atoms with Crippen LogP contribution in [0.25, 0.3) is 0 Å². The van der Waals surface area contributed by atoms with Gasteiger partial charge in [-0.05, 0) is 27.9 Å².